The Bertz CT molecular complexity index is 1160. The first-order valence-corrected chi connectivity index (χ1v) is 11.9. The van der Waals surface area contributed by atoms with E-state index in [9.17, 15) is 18.3 Å². The number of likely N-dealkylation sites (N-methyl/N-ethyl adjacent to an activating group) is 1. The van der Waals surface area contributed by atoms with Crippen LogP contribution < -0.4 is 14.5 Å². The third-order valence-corrected chi connectivity index (χ3v) is 6.20. The Balaban J connectivity index is 1.55. The predicted molar refractivity (Wildman–Crippen MR) is 119 cm³/mol. The zero-order valence-electron chi connectivity index (χ0n) is 16.8. The molecule has 0 aliphatic heterocycles. The molecule has 11 heteroatoms. The number of pyridine rings is 1. The van der Waals surface area contributed by atoms with Crippen LogP contribution in [0, 0.1) is 0 Å². The average molecular weight is 466 g/mol. The van der Waals surface area contributed by atoms with Crippen LogP contribution in [0.2, 0.25) is 0 Å². The fourth-order valence-electron chi connectivity index (χ4n) is 2.85. The lowest BCUT2D eigenvalue weighted by Gasteiger charge is -2.18. The van der Waals surface area contributed by atoms with Crippen LogP contribution >= 0.6 is 11.3 Å². The summed E-state index contributed by atoms with van der Waals surface area (Å²) in [6.07, 6.45) is 2.05. The third-order valence-electron chi connectivity index (χ3n) is 4.53. The first-order valence-electron chi connectivity index (χ1n) is 9.43. The second-order valence-electron chi connectivity index (χ2n) is 6.83. The Morgan fingerprint density at radius 1 is 1.19 bits per heavy atom. The molecule has 0 saturated heterocycles. The van der Waals surface area contributed by atoms with Crippen LogP contribution in [0.5, 0.6) is 11.6 Å². The Hall–Kier alpha value is -2.89. The van der Waals surface area contributed by atoms with Crippen molar-refractivity contribution in [2.24, 2.45) is 0 Å². The lowest BCUT2D eigenvalue weighted by molar-refractivity contribution is 0.325. The minimum Gasteiger partial charge on any atom is -0.494 e. The van der Waals surface area contributed by atoms with Crippen molar-refractivity contribution in [3.05, 3.63) is 68.8 Å². The van der Waals surface area contributed by atoms with Crippen molar-refractivity contribution < 1.29 is 22.8 Å². The smallest absolute Gasteiger partial charge is 0.310 e. The van der Waals surface area contributed by atoms with E-state index >= 15 is 0 Å². The highest BCUT2D eigenvalue weighted by molar-refractivity contribution is 7.85. The van der Waals surface area contributed by atoms with E-state index in [0.29, 0.717) is 30.2 Å². The van der Waals surface area contributed by atoms with Gasteiger partial charge in [0.1, 0.15) is 18.2 Å². The van der Waals surface area contributed by atoms with Crippen molar-refractivity contribution in [3.63, 3.8) is 0 Å². The molecule has 166 valence electrons. The molecule has 2 N–H and O–H groups in total. The average Bonchev–Trinajstić information content (AvgIpc) is 3.00. The first kappa shape index (κ1) is 22.8. The molecule has 0 atom stereocenters. The quantitative estimate of drug-likeness (QED) is 0.436. The van der Waals surface area contributed by atoms with Crippen LogP contribution in [-0.4, -0.2) is 53.6 Å². The van der Waals surface area contributed by atoms with E-state index in [2.05, 4.69) is 4.98 Å². The van der Waals surface area contributed by atoms with Gasteiger partial charge in [-0.1, -0.05) is 29.5 Å². The fraction of sp³-hybridized carbons (Fsp3) is 0.300. The maximum atomic E-state index is 12.0. The van der Waals surface area contributed by atoms with Crippen molar-refractivity contribution in [3.8, 4) is 11.6 Å². The van der Waals surface area contributed by atoms with E-state index in [1.54, 1.807) is 6.20 Å². The Labute approximate surface area is 183 Å². The predicted octanol–water partition coefficient (Wildman–Crippen LogP) is 2.00. The highest BCUT2D eigenvalue weighted by Crippen LogP contribution is 2.24. The second-order valence-corrected chi connectivity index (χ2v) is 9.45. The topological polar surface area (TPSA) is 122 Å². The number of rotatable bonds is 10. The van der Waals surface area contributed by atoms with E-state index < -0.39 is 20.7 Å². The highest BCUT2D eigenvalue weighted by atomic mass is 32.2. The standard InChI is InChI=1S/C20H23N3O6S2/c1-22(18-4-2-3-9-21-18)10-12-29-16-7-5-15(6-8-16)14-17-19(24)23(20(25)30-17)11-13-31(26,27)28/h2-9,24H,10-14H2,1H3,(H,26,27,28). The van der Waals surface area contributed by atoms with Gasteiger partial charge in [-0.25, -0.2) is 4.98 Å². The van der Waals surface area contributed by atoms with Gasteiger partial charge in [0.05, 0.1) is 17.2 Å². The number of nitrogens with zero attached hydrogens (tertiary/aromatic N) is 3. The molecule has 3 aromatic rings. The summed E-state index contributed by atoms with van der Waals surface area (Å²) in [5.41, 5.74) is 0.858. The Kier molecular flexibility index (Phi) is 7.31. The van der Waals surface area contributed by atoms with Gasteiger partial charge >= 0.3 is 4.87 Å². The molecule has 31 heavy (non-hydrogen) atoms. The van der Waals surface area contributed by atoms with Gasteiger partial charge in [-0.3, -0.25) is 13.9 Å². The van der Waals surface area contributed by atoms with Crippen LogP contribution in [0.25, 0.3) is 0 Å². The monoisotopic (exact) mass is 465 g/mol. The van der Waals surface area contributed by atoms with Crippen LogP contribution in [0.1, 0.15) is 10.4 Å². The molecule has 0 unspecified atom stereocenters. The summed E-state index contributed by atoms with van der Waals surface area (Å²) < 4.78 is 37.3. The molecular weight excluding hydrogens is 442 g/mol. The summed E-state index contributed by atoms with van der Waals surface area (Å²) in [6.45, 7) is 0.836. The van der Waals surface area contributed by atoms with E-state index in [4.69, 9.17) is 9.29 Å². The minimum atomic E-state index is -4.23. The van der Waals surface area contributed by atoms with E-state index in [0.717, 1.165) is 27.3 Å². The largest absolute Gasteiger partial charge is 0.494 e. The van der Waals surface area contributed by atoms with Gasteiger partial charge in [0.25, 0.3) is 10.1 Å². The summed E-state index contributed by atoms with van der Waals surface area (Å²) in [5, 5.41) is 10.2. The number of thiazole rings is 1. The lowest BCUT2D eigenvalue weighted by atomic mass is 10.1. The van der Waals surface area contributed by atoms with Crippen LogP contribution in [0.4, 0.5) is 5.82 Å². The molecule has 0 fully saturated rings. The van der Waals surface area contributed by atoms with Crippen molar-refractivity contribution >= 4 is 27.3 Å². The summed E-state index contributed by atoms with van der Waals surface area (Å²) >= 11 is 0.844. The molecule has 0 amide bonds. The first-order chi connectivity index (χ1) is 14.7. The minimum absolute atomic E-state index is 0.281. The van der Waals surface area contributed by atoms with Gasteiger partial charge in [-0.2, -0.15) is 8.42 Å². The Morgan fingerprint density at radius 3 is 2.58 bits per heavy atom. The van der Waals surface area contributed by atoms with E-state index in [1.807, 2.05) is 54.4 Å². The van der Waals surface area contributed by atoms with Gasteiger partial charge in [0, 0.05) is 26.2 Å². The van der Waals surface area contributed by atoms with Gasteiger partial charge in [0.15, 0.2) is 0 Å². The molecule has 2 heterocycles. The van der Waals surface area contributed by atoms with E-state index in [-0.39, 0.29) is 12.4 Å². The fourth-order valence-corrected chi connectivity index (χ4v) is 4.20. The molecule has 0 aliphatic rings. The zero-order chi connectivity index (χ0) is 22.4. The summed E-state index contributed by atoms with van der Waals surface area (Å²) in [7, 11) is -2.29. The van der Waals surface area contributed by atoms with Crippen LogP contribution in [0.15, 0.2) is 53.5 Å². The maximum absolute atomic E-state index is 12.0. The number of anilines is 1. The molecule has 0 aliphatic carbocycles. The van der Waals surface area contributed by atoms with Crippen LogP contribution in [-0.2, 0) is 23.1 Å². The normalized spacial score (nSPS) is 11.4. The zero-order valence-corrected chi connectivity index (χ0v) is 18.5. The molecule has 9 nitrogen and oxygen atoms in total. The second kappa shape index (κ2) is 9.94. The summed E-state index contributed by atoms with van der Waals surface area (Å²) in [6, 6.07) is 13.0. The number of benzene rings is 1. The molecule has 0 radical (unpaired) electrons. The summed E-state index contributed by atoms with van der Waals surface area (Å²) in [4.78, 5) is 18.2. The van der Waals surface area contributed by atoms with Gasteiger partial charge < -0.3 is 14.7 Å². The number of hydrogen-bond donors (Lipinski definition) is 2. The molecule has 0 saturated carbocycles. The number of aromatic hydroxyl groups is 1. The maximum Gasteiger partial charge on any atom is 0.310 e. The SMILES string of the molecule is CN(CCOc1ccc(Cc2sc(=O)n(CCS(=O)(=O)O)c2O)cc1)c1ccccn1. The lowest BCUT2D eigenvalue weighted by Crippen LogP contribution is -2.24. The number of hydrogen-bond acceptors (Lipinski definition) is 8. The summed E-state index contributed by atoms with van der Waals surface area (Å²) in [5.74, 6) is 0.639. The molecule has 1 aromatic carbocycles. The number of ether oxygens (including phenoxy) is 1. The third kappa shape index (κ3) is 6.54. The molecule has 0 spiro atoms. The molecular formula is C20H23N3O6S2. The Morgan fingerprint density at radius 2 is 1.94 bits per heavy atom. The van der Waals surface area contributed by atoms with Crippen molar-refractivity contribution in [1.29, 1.82) is 0 Å². The van der Waals surface area contributed by atoms with Gasteiger partial charge in [-0.05, 0) is 29.8 Å². The van der Waals surface area contributed by atoms with Crippen LogP contribution in [0.3, 0.4) is 0 Å². The molecule has 0 bridgehead atoms. The molecule has 3 rings (SSSR count). The van der Waals surface area contributed by atoms with Gasteiger partial charge in [0.2, 0.25) is 5.88 Å². The van der Waals surface area contributed by atoms with Crippen molar-refractivity contribution in [2.45, 2.75) is 13.0 Å². The van der Waals surface area contributed by atoms with Crippen molar-refractivity contribution in [2.75, 3.05) is 30.9 Å². The van der Waals surface area contributed by atoms with Crippen molar-refractivity contribution in [1.82, 2.24) is 9.55 Å². The van der Waals surface area contributed by atoms with E-state index in [1.165, 1.54) is 0 Å². The van der Waals surface area contributed by atoms with Gasteiger partial charge in [-0.15, -0.1) is 0 Å². The highest BCUT2D eigenvalue weighted by Gasteiger charge is 2.16. The number of aromatic nitrogens is 2. The molecule has 2 aromatic heterocycles.